The van der Waals surface area contributed by atoms with E-state index in [1.165, 1.54) is 18.9 Å². The fraction of sp³-hybridized carbons (Fsp3) is 0.222. The number of carbonyl (C=O) groups is 2. The molecule has 0 aliphatic carbocycles. The monoisotopic (exact) mass is 378 g/mol. The van der Waals surface area contributed by atoms with Gasteiger partial charge < -0.3 is 15.4 Å². The smallest absolute Gasteiger partial charge is 0.250 e. The number of halogens is 1. The summed E-state index contributed by atoms with van der Waals surface area (Å²) in [6.45, 7) is 0.00232. The van der Waals surface area contributed by atoms with Crippen molar-refractivity contribution in [3.63, 3.8) is 0 Å². The minimum atomic E-state index is -0.225. The number of carbonyl (C=O) groups excluding carboxylic acids is 2. The van der Waals surface area contributed by atoms with Crippen LogP contribution in [0.15, 0.2) is 48.5 Å². The number of thioether (sulfide) groups is 1. The van der Waals surface area contributed by atoms with Gasteiger partial charge in [0, 0.05) is 29.3 Å². The summed E-state index contributed by atoms with van der Waals surface area (Å²) >= 11 is 7.45. The Bertz CT molecular complexity index is 723. The third kappa shape index (κ3) is 7.17. The van der Waals surface area contributed by atoms with E-state index in [1.54, 1.807) is 24.3 Å². The zero-order chi connectivity index (χ0) is 18.1. The van der Waals surface area contributed by atoms with Crippen LogP contribution in [-0.4, -0.2) is 31.3 Å². The summed E-state index contributed by atoms with van der Waals surface area (Å²) < 4.78 is 4.75. The molecule has 7 heteroatoms. The molecule has 2 aromatic carbocycles. The Morgan fingerprint density at radius 3 is 2.28 bits per heavy atom. The Kier molecular flexibility index (Phi) is 7.78. The largest absolute Gasteiger partial charge is 0.375 e. The van der Waals surface area contributed by atoms with E-state index in [0.717, 1.165) is 11.3 Å². The number of benzene rings is 2. The number of hydrogen-bond acceptors (Lipinski definition) is 4. The quantitative estimate of drug-likeness (QED) is 0.733. The summed E-state index contributed by atoms with van der Waals surface area (Å²) in [4.78, 5) is 23.4. The lowest BCUT2D eigenvalue weighted by Gasteiger charge is -2.08. The molecule has 2 aromatic rings. The molecule has 0 fully saturated rings. The summed E-state index contributed by atoms with van der Waals surface area (Å²) in [5.74, 6) is 0.761. The van der Waals surface area contributed by atoms with Crippen molar-refractivity contribution in [2.24, 2.45) is 0 Å². The van der Waals surface area contributed by atoms with Crippen LogP contribution >= 0.6 is 23.4 Å². The molecule has 0 saturated carbocycles. The highest BCUT2D eigenvalue weighted by Crippen LogP contribution is 2.18. The van der Waals surface area contributed by atoms with E-state index in [2.05, 4.69) is 10.6 Å². The van der Waals surface area contributed by atoms with Gasteiger partial charge in [-0.05, 0) is 42.0 Å². The van der Waals surface area contributed by atoms with Crippen LogP contribution in [0.5, 0.6) is 0 Å². The van der Waals surface area contributed by atoms with Crippen molar-refractivity contribution in [2.75, 3.05) is 30.1 Å². The molecule has 0 aliphatic heterocycles. The van der Waals surface area contributed by atoms with Crippen molar-refractivity contribution in [2.45, 2.75) is 5.75 Å². The van der Waals surface area contributed by atoms with Crippen molar-refractivity contribution < 1.29 is 14.3 Å². The van der Waals surface area contributed by atoms with Gasteiger partial charge in [0.25, 0.3) is 0 Å². The van der Waals surface area contributed by atoms with Crippen LogP contribution in [0.2, 0.25) is 5.02 Å². The summed E-state index contributed by atoms with van der Waals surface area (Å²) in [6, 6.07) is 14.5. The first kappa shape index (κ1) is 19.3. The molecular weight excluding hydrogens is 360 g/mol. The van der Waals surface area contributed by atoms with E-state index >= 15 is 0 Å². The van der Waals surface area contributed by atoms with E-state index in [9.17, 15) is 9.59 Å². The fourth-order valence-electron chi connectivity index (χ4n) is 2.05. The van der Waals surface area contributed by atoms with Crippen LogP contribution in [0.25, 0.3) is 0 Å². The van der Waals surface area contributed by atoms with Gasteiger partial charge in [-0.15, -0.1) is 11.8 Å². The van der Waals surface area contributed by atoms with E-state index in [1.807, 2.05) is 24.3 Å². The van der Waals surface area contributed by atoms with E-state index < -0.39 is 0 Å². The number of nitrogens with one attached hydrogen (secondary N) is 2. The summed E-state index contributed by atoms with van der Waals surface area (Å²) in [7, 11) is 1.46. The van der Waals surface area contributed by atoms with Crippen LogP contribution in [0.3, 0.4) is 0 Å². The molecule has 0 saturated heterocycles. The van der Waals surface area contributed by atoms with Gasteiger partial charge in [-0.25, -0.2) is 0 Å². The maximum atomic E-state index is 12.0. The van der Waals surface area contributed by atoms with Crippen molar-refractivity contribution in [1.29, 1.82) is 0 Å². The molecule has 5 nitrogen and oxygen atoms in total. The predicted octanol–water partition coefficient (Wildman–Crippen LogP) is 3.80. The third-order valence-electron chi connectivity index (χ3n) is 3.12. The molecule has 0 heterocycles. The van der Waals surface area contributed by atoms with Gasteiger partial charge in [-0.3, -0.25) is 9.59 Å². The zero-order valence-corrected chi connectivity index (χ0v) is 15.3. The maximum absolute atomic E-state index is 12.0. The zero-order valence-electron chi connectivity index (χ0n) is 13.8. The molecule has 2 rings (SSSR count). The van der Waals surface area contributed by atoms with Gasteiger partial charge in [0.2, 0.25) is 11.8 Å². The van der Waals surface area contributed by atoms with Crippen molar-refractivity contribution >= 4 is 46.6 Å². The number of anilines is 2. The normalized spacial score (nSPS) is 10.3. The average molecular weight is 379 g/mol. The topological polar surface area (TPSA) is 67.4 Å². The Hall–Kier alpha value is -2.02. The second-order valence-corrected chi connectivity index (χ2v) is 6.65. The number of methoxy groups -OCH3 is 1. The molecule has 0 radical (unpaired) electrons. The van der Waals surface area contributed by atoms with Gasteiger partial charge in [-0.2, -0.15) is 0 Å². The number of ether oxygens (including phenoxy) is 1. The van der Waals surface area contributed by atoms with Crippen LogP contribution in [-0.2, 0) is 20.1 Å². The molecule has 0 aromatic heterocycles. The highest BCUT2D eigenvalue weighted by Gasteiger charge is 2.05. The molecule has 0 spiro atoms. The Balaban J connectivity index is 1.75. The SMILES string of the molecule is COCC(=O)Nc1ccc(NC(=O)CSCc2cccc(Cl)c2)cc1. The molecule has 2 amide bonds. The minimum absolute atomic E-state index is 0.00232. The van der Waals surface area contributed by atoms with E-state index in [0.29, 0.717) is 22.2 Å². The Morgan fingerprint density at radius 2 is 1.68 bits per heavy atom. The number of rotatable bonds is 8. The second kappa shape index (κ2) is 10.1. The van der Waals surface area contributed by atoms with E-state index in [4.69, 9.17) is 16.3 Å². The minimum Gasteiger partial charge on any atom is -0.375 e. The van der Waals surface area contributed by atoms with Crippen LogP contribution in [0, 0.1) is 0 Å². The predicted molar refractivity (Wildman–Crippen MR) is 103 cm³/mol. The highest BCUT2D eigenvalue weighted by atomic mass is 35.5. The molecule has 0 atom stereocenters. The lowest BCUT2D eigenvalue weighted by atomic mass is 10.2. The first-order valence-electron chi connectivity index (χ1n) is 7.57. The summed E-state index contributed by atoms with van der Waals surface area (Å²) in [6.07, 6.45) is 0. The van der Waals surface area contributed by atoms with Crippen LogP contribution in [0.1, 0.15) is 5.56 Å². The molecule has 0 unspecified atom stereocenters. The maximum Gasteiger partial charge on any atom is 0.250 e. The third-order valence-corrected chi connectivity index (χ3v) is 4.36. The summed E-state index contributed by atoms with van der Waals surface area (Å²) in [5, 5.41) is 6.21. The highest BCUT2D eigenvalue weighted by molar-refractivity contribution is 7.99. The Morgan fingerprint density at radius 1 is 1.04 bits per heavy atom. The number of amides is 2. The van der Waals surface area contributed by atoms with Crippen molar-refractivity contribution in [1.82, 2.24) is 0 Å². The standard InChI is InChI=1S/C18H19ClN2O3S/c1-24-10-17(22)20-15-5-7-16(8-6-15)21-18(23)12-25-11-13-3-2-4-14(19)9-13/h2-9H,10-12H2,1H3,(H,20,22)(H,21,23). The van der Waals surface area contributed by atoms with Gasteiger partial charge in [0.15, 0.2) is 0 Å². The molecule has 0 bridgehead atoms. The lowest BCUT2D eigenvalue weighted by Crippen LogP contribution is -2.17. The molecule has 2 N–H and O–H groups in total. The van der Waals surface area contributed by atoms with Crippen LogP contribution < -0.4 is 10.6 Å². The second-order valence-electron chi connectivity index (χ2n) is 5.23. The number of hydrogen-bond donors (Lipinski definition) is 2. The van der Waals surface area contributed by atoms with Gasteiger partial charge in [-0.1, -0.05) is 23.7 Å². The first-order chi connectivity index (χ1) is 12.1. The Labute approximate surface area is 156 Å². The van der Waals surface area contributed by atoms with Gasteiger partial charge in [0.05, 0.1) is 5.75 Å². The molecule has 0 aliphatic rings. The fourth-order valence-corrected chi connectivity index (χ4v) is 3.04. The van der Waals surface area contributed by atoms with Crippen molar-refractivity contribution in [3.8, 4) is 0 Å². The lowest BCUT2D eigenvalue weighted by molar-refractivity contribution is -0.119. The summed E-state index contributed by atoms with van der Waals surface area (Å²) in [5.41, 5.74) is 2.41. The van der Waals surface area contributed by atoms with Gasteiger partial charge in [0.1, 0.15) is 6.61 Å². The van der Waals surface area contributed by atoms with Crippen LogP contribution in [0.4, 0.5) is 11.4 Å². The van der Waals surface area contributed by atoms with E-state index in [-0.39, 0.29) is 18.4 Å². The van der Waals surface area contributed by atoms with Crippen molar-refractivity contribution in [3.05, 3.63) is 59.1 Å². The molecular formula is C18H19ClN2O3S. The molecule has 25 heavy (non-hydrogen) atoms. The first-order valence-corrected chi connectivity index (χ1v) is 9.11. The average Bonchev–Trinajstić information content (AvgIpc) is 2.57. The molecule has 132 valence electrons. The van der Waals surface area contributed by atoms with Gasteiger partial charge >= 0.3 is 0 Å².